The lowest BCUT2D eigenvalue weighted by Gasteiger charge is -2.27. The van der Waals surface area contributed by atoms with E-state index >= 15 is 0 Å². The van der Waals surface area contributed by atoms with Gasteiger partial charge in [0.15, 0.2) is 0 Å². The van der Waals surface area contributed by atoms with Crippen LogP contribution < -0.4 is 14.7 Å². The number of allylic oxidation sites excluding steroid dienone is 4. The molecule has 0 saturated heterocycles. The molecule has 1 heterocycles. The number of hydrogen-bond donors (Lipinski definition) is 0. The van der Waals surface area contributed by atoms with E-state index in [4.69, 9.17) is 0 Å². The second-order valence-corrected chi connectivity index (χ2v) is 14.2. The summed E-state index contributed by atoms with van der Waals surface area (Å²) >= 11 is 1.76. The Labute approximate surface area is 301 Å². The van der Waals surface area contributed by atoms with E-state index in [1.165, 1.54) is 70.9 Å². The van der Waals surface area contributed by atoms with E-state index in [2.05, 4.69) is 188 Å². The first-order valence-electron chi connectivity index (χ1n) is 17.3. The van der Waals surface area contributed by atoms with Gasteiger partial charge in [-0.15, -0.1) is 11.3 Å². The largest absolute Gasteiger partial charge is 0.309 e. The predicted molar refractivity (Wildman–Crippen MR) is 218 cm³/mol. The van der Waals surface area contributed by atoms with Crippen molar-refractivity contribution < 1.29 is 0 Å². The summed E-state index contributed by atoms with van der Waals surface area (Å²) in [6.07, 6.45) is 8.58. The molecule has 3 aliphatic carbocycles. The van der Waals surface area contributed by atoms with Crippen LogP contribution in [-0.2, 0) is 0 Å². The van der Waals surface area contributed by atoms with Crippen LogP contribution in [0.1, 0.15) is 12.5 Å². The molecule has 0 amide bonds. The number of benzene rings is 6. The van der Waals surface area contributed by atoms with Crippen molar-refractivity contribution in [1.82, 2.24) is 0 Å². The van der Waals surface area contributed by atoms with Gasteiger partial charge in [0.2, 0.25) is 0 Å². The topological polar surface area (TPSA) is 3.24 Å². The molecule has 0 aliphatic heterocycles. The fourth-order valence-corrected chi connectivity index (χ4v) is 9.17. The van der Waals surface area contributed by atoms with Gasteiger partial charge in [-0.05, 0) is 104 Å². The average molecular weight is 666 g/mol. The van der Waals surface area contributed by atoms with Crippen LogP contribution in [0.5, 0.6) is 0 Å². The Morgan fingerprint density at radius 1 is 0.627 bits per heavy atom. The van der Waals surface area contributed by atoms with Crippen molar-refractivity contribution in [1.29, 1.82) is 0 Å². The van der Waals surface area contributed by atoms with E-state index in [-0.39, 0.29) is 0 Å². The van der Waals surface area contributed by atoms with Gasteiger partial charge >= 0.3 is 0 Å². The Morgan fingerprint density at radius 2 is 1.25 bits per heavy atom. The molecular formula is C49H31NS. The summed E-state index contributed by atoms with van der Waals surface area (Å²) in [7, 11) is 0. The molecule has 2 heteroatoms. The first kappa shape index (κ1) is 29.5. The maximum Gasteiger partial charge on any atom is 0.0878 e. The van der Waals surface area contributed by atoms with E-state index in [1.807, 2.05) is 0 Å². The van der Waals surface area contributed by atoms with Gasteiger partial charge in [-0.2, -0.15) is 0 Å². The lowest BCUT2D eigenvalue weighted by Crippen LogP contribution is -2.31. The second-order valence-electron chi connectivity index (χ2n) is 13.1. The normalized spacial score (nSPS) is 13.0. The van der Waals surface area contributed by atoms with Crippen molar-refractivity contribution in [2.45, 2.75) is 6.92 Å². The van der Waals surface area contributed by atoms with Gasteiger partial charge in [0, 0.05) is 32.8 Å². The van der Waals surface area contributed by atoms with Crippen molar-refractivity contribution in [2.24, 2.45) is 0 Å². The van der Waals surface area contributed by atoms with Crippen LogP contribution in [0.2, 0.25) is 0 Å². The molecule has 0 spiro atoms. The van der Waals surface area contributed by atoms with Gasteiger partial charge in [-0.25, -0.2) is 0 Å². The molecule has 6 bridgehead atoms. The Kier molecular flexibility index (Phi) is 6.71. The minimum Gasteiger partial charge on any atom is -0.309 e. The molecule has 0 fully saturated rings. The van der Waals surface area contributed by atoms with Gasteiger partial charge in [0.1, 0.15) is 0 Å². The zero-order chi connectivity index (χ0) is 34.1. The van der Waals surface area contributed by atoms with Crippen molar-refractivity contribution in [3.8, 4) is 55.6 Å². The first-order valence-corrected chi connectivity index (χ1v) is 18.1. The van der Waals surface area contributed by atoms with E-state index in [1.54, 1.807) is 11.3 Å². The minimum atomic E-state index is 0.955. The molecular weight excluding hydrogens is 635 g/mol. The van der Waals surface area contributed by atoms with Crippen LogP contribution >= 0.6 is 11.3 Å². The Hall–Kier alpha value is -6.40. The summed E-state index contributed by atoms with van der Waals surface area (Å²) in [6, 6.07) is 48.5. The number of thiophene rings is 1. The fraction of sp³-hybridized carbons (Fsp3) is 0.0204. The molecule has 3 aliphatic rings. The third-order valence-corrected chi connectivity index (χ3v) is 11.5. The summed E-state index contributed by atoms with van der Waals surface area (Å²) < 4.78 is 2.35. The molecule has 7 aromatic rings. The van der Waals surface area contributed by atoms with Crippen molar-refractivity contribution in [3.05, 3.63) is 191 Å². The molecule has 51 heavy (non-hydrogen) atoms. The molecule has 0 atom stereocenters. The van der Waals surface area contributed by atoms with E-state index in [0.29, 0.717) is 0 Å². The summed E-state index contributed by atoms with van der Waals surface area (Å²) in [4.78, 5) is 2.33. The molecule has 0 N–H and O–H groups in total. The highest BCUT2D eigenvalue weighted by atomic mass is 32.1. The summed E-state index contributed by atoms with van der Waals surface area (Å²) in [5.41, 5.74) is 24.9. The molecule has 1 aromatic heterocycles. The van der Waals surface area contributed by atoms with Crippen molar-refractivity contribution in [3.63, 3.8) is 0 Å². The SMILES string of the molecule is C=C(/C=C\C(=C/C)N(C1=c2c(sc3ccccc23)=C=C=C1)c1ccccc1)c1ccc2c(c1)-c1c3cccc1-c1cccc-2c1-c1ccccc1-3. The minimum absolute atomic E-state index is 0.955. The van der Waals surface area contributed by atoms with Crippen LogP contribution in [0.15, 0.2) is 176 Å². The van der Waals surface area contributed by atoms with Gasteiger partial charge in [0.05, 0.1) is 10.2 Å². The van der Waals surface area contributed by atoms with Gasteiger partial charge < -0.3 is 4.90 Å². The fourth-order valence-electron chi connectivity index (χ4n) is 8.10. The smallest absolute Gasteiger partial charge is 0.0878 e. The van der Waals surface area contributed by atoms with Gasteiger partial charge in [-0.1, -0.05) is 139 Å². The van der Waals surface area contributed by atoms with Crippen molar-refractivity contribution in [2.75, 3.05) is 4.90 Å². The Morgan fingerprint density at radius 3 is 2.02 bits per heavy atom. The zero-order valence-corrected chi connectivity index (χ0v) is 28.9. The predicted octanol–water partition coefficient (Wildman–Crippen LogP) is 11.8. The summed E-state index contributed by atoms with van der Waals surface area (Å²) in [6.45, 7) is 6.72. The third kappa shape index (κ3) is 4.49. The first-order chi connectivity index (χ1) is 25.2. The molecule has 0 unspecified atom stereocenters. The average Bonchev–Trinajstić information content (AvgIpc) is 3.53. The summed E-state index contributed by atoms with van der Waals surface area (Å²) in [5.74, 6) is 0. The van der Waals surface area contributed by atoms with Gasteiger partial charge in [-0.3, -0.25) is 0 Å². The molecule has 0 radical (unpaired) electrons. The number of fused-ring (bicyclic) bond motifs is 7. The number of nitrogens with zero attached hydrogens (tertiary/aromatic N) is 1. The van der Waals surface area contributed by atoms with Crippen LogP contribution in [0.3, 0.4) is 0 Å². The molecule has 238 valence electrons. The standard InChI is InChI=1S/C49H31NS/c1-3-33(50(34-14-5-4-6-15-34)44-23-13-25-46-49(44)42-18-9-10-24-45(42)51-46)28-26-31(2)32-27-29-36-39-20-12-21-40-41-22-11-19-38(48(41)43(36)30-32)35-16-7-8-17-37(35)47(39)40/h3-12,14-24,26-30H,2H2,1H3/b28-26-,33-3+. The molecule has 0 saturated carbocycles. The molecule has 10 rings (SSSR count). The third-order valence-electron chi connectivity index (χ3n) is 10.4. The Balaban J connectivity index is 1.09. The molecule has 6 aromatic carbocycles. The maximum atomic E-state index is 4.62. The highest BCUT2D eigenvalue weighted by Gasteiger charge is 2.30. The highest BCUT2D eigenvalue weighted by molar-refractivity contribution is 7.17. The van der Waals surface area contributed by atoms with E-state index < -0.39 is 0 Å². The lowest BCUT2D eigenvalue weighted by molar-refractivity contribution is 1.21. The van der Waals surface area contributed by atoms with Crippen LogP contribution in [-0.4, -0.2) is 0 Å². The van der Waals surface area contributed by atoms with Crippen molar-refractivity contribution >= 4 is 44.1 Å². The van der Waals surface area contributed by atoms with Crippen LogP contribution in [0.4, 0.5) is 5.69 Å². The van der Waals surface area contributed by atoms with Gasteiger partial charge in [0.25, 0.3) is 0 Å². The van der Waals surface area contributed by atoms with E-state index in [9.17, 15) is 0 Å². The van der Waals surface area contributed by atoms with Crippen LogP contribution in [0, 0.1) is 0 Å². The summed E-state index contributed by atoms with van der Waals surface area (Å²) in [5, 5.41) is 2.42. The highest BCUT2D eigenvalue weighted by Crippen LogP contribution is 2.57. The number of rotatable bonds is 6. The lowest BCUT2D eigenvalue weighted by atomic mass is 9.83. The molecule has 1 nitrogen and oxygen atoms in total. The second kappa shape index (κ2) is 11.6. The van der Waals surface area contributed by atoms with E-state index in [0.717, 1.165) is 32.8 Å². The monoisotopic (exact) mass is 665 g/mol. The number of para-hydroxylation sites is 1. The number of anilines is 1. The number of hydrogen-bond acceptors (Lipinski definition) is 2. The van der Waals surface area contributed by atoms with Crippen LogP contribution in [0.25, 0.3) is 82.7 Å². The zero-order valence-electron chi connectivity index (χ0n) is 28.1. The quantitative estimate of drug-likeness (QED) is 0.126. The Bertz CT molecular complexity index is 2880. The maximum absolute atomic E-state index is 4.62.